The van der Waals surface area contributed by atoms with Crippen molar-refractivity contribution in [2.24, 2.45) is 82.9 Å². The number of rotatable bonds is 13. The molecular weight excluding hydrogens is 665 g/mol. The summed E-state index contributed by atoms with van der Waals surface area (Å²) in [5.74, 6) is 13.9. The van der Waals surface area contributed by atoms with Crippen molar-refractivity contribution < 1.29 is 4.74 Å². The lowest BCUT2D eigenvalue weighted by Gasteiger charge is -2.61. The smallest absolute Gasteiger partial charge is 0.0578 e. The topological polar surface area (TPSA) is 9.23 Å². The molecule has 1 heteroatoms. The fourth-order valence-electron chi connectivity index (χ4n) is 16.7. The molecule has 8 aliphatic carbocycles. The normalized spacial score (nSPS) is 40.5. The molecule has 8 aliphatic rings. The molecular formula is C54H92O. The van der Waals surface area contributed by atoms with Gasteiger partial charge in [-0.1, -0.05) is 128 Å². The molecule has 0 heterocycles. The van der Waals surface area contributed by atoms with Gasteiger partial charge < -0.3 is 4.74 Å². The number of ether oxygens (including phenoxy) is 1. The van der Waals surface area contributed by atoms with E-state index in [4.69, 9.17) is 4.74 Å². The van der Waals surface area contributed by atoms with Gasteiger partial charge in [-0.3, -0.25) is 0 Å². The Kier molecular flexibility index (Phi) is 15.7. The number of hydrogen-bond acceptors (Lipinski definition) is 1. The second-order valence-corrected chi connectivity index (χ2v) is 22.4. The van der Waals surface area contributed by atoms with Gasteiger partial charge in [0.1, 0.15) is 0 Å². The fourth-order valence-corrected chi connectivity index (χ4v) is 16.7. The maximum absolute atomic E-state index is 7.08. The van der Waals surface area contributed by atoms with E-state index in [1.807, 2.05) is 5.57 Å². The average molecular weight is 757 g/mol. The molecule has 8 rings (SSSR count). The van der Waals surface area contributed by atoms with E-state index >= 15 is 0 Å². The van der Waals surface area contributed by atoms with Gasteiger partial charge in [-0.05, 0) is 198 Å². The van der Waals surface area contributed by atoms with Crippen molar-refractivity contribution >= 4 is 0 Å². The van der Waals surface area contributed by atoms with E-state index in [-0.39, 0.29) is 0 Å². The lowest BCUT2D eigenvalue weighted by atomic mass is 9.44. The first-order valence-corrected chi connectivity index (χ1v) is 26.5. The van der Waals surface area contributed by atoms with Gasteiger partial charge in [0.25, 0.3) is 0 Å². The summed E-state index contributed by atoms with van der Waals surface area (Å²) in [7, 11) is 0. The summed E-state index contributed by atoms with van der Waals surface area (Å²) in [5.41, 5.74) is 2.01. The standard InChI is InChI=1S/C54H92O/c1-3-5-17-39(4-2)38-55-47-34-35-50-52(37-47)54(45-28-26-40(27-29-45)36-51(43-20-11-7-12-21-43)44-22-13-8-14-23-44)49-25-16-15-24-48(49)53(50)46-32-30-42(31-33-46)41-18-9-6-10-19-41/h36,39-50,52-54H,3-35,37-38H2,1-2H3. The predicted molar refractivity (Wildman–Crippen MR) is 235 cm³/mol. The minimum Gasteiger partial charge on any atom is -0.378 e. The highest BCUT2D eigenvalue weighted by Gasteiger charge is 2.56. The van der Waals surface area contributed by atoms with E-state index in [1.165, 1.54) is 148 Å². The summed E-state index contributed by atoms with van der Waals surface area (Å²) in [4.78, 5) is 0. The van der Waals surface area contributed by atoms with E-state index in [1.54, 1.807) is 70.6 Å². The zero-order valence-corrected chi connectivity index (χ0v) is 36.9. The van der Waals surface area contributed by atoms with E-state index in [0.29, 0.717) is 6.10 Å². The SMILES string of the molecule is CCCCC(CC)COC1CCC2C(C1)C(C1CCC(C=C(C3CCCCC3)C3CCCCC3)CC1)C1CCCCC1C2C1CCC(C2CCCCC2)CC1. The number of unbranched alkanes of at least 4 members (excludes halogenated alkanes) is 1. The molecule has 8 fully saturated rings. The molecule has 0 aromatic heterocycles. The average Bonchev–Trinajstić information content (AvgIpc) is 3.26. The zero-order chi connectivity index (χ0) is 37.4. The molecule has 8 unspecified atom stereocenters. The van der Waals surface area contributed by atoms with Crippen LogP contribution in [0.1, 0.15) is 232 Å². The molecule has 0 saturated heterocycles. The zero-order valence-electron chi connectivity index (χ0n) is 36.9. The Morgan fingerprint density at radius 2 is 0.982 bits per heavy atom. The molecule has 8 atom stereocenters. The Balaban J connectivity index is 0.991. The maximum atomic E-state index is 7.08. The summed E-state index contributed by atoms with van der Waals surface area (Å²) >= 11 is 0. The highest BCUT2D eigenvalue weighted by Crippen LogP contribution is 2.63. The summed E-state index contributed by atoms with van der Waals surface area (Å²) in [6.07, 6.45) is 54.8. The molecule has 0 bridgehead atoms. The van der Waals surface area contributed by atoms with Crippen molar-refractivity contribution in [3.05, 3.63) is 11.6 Å². The number of hydrogen-bond donors (Lipinski definition) is 0. The van der Waals surface area contributed by atoms with Gasteiger partial charge in [0.2, 0.25) is 0 Å². The molecule has 0 aliphatic heterocycles. The molecule has 0 aromatic rings. The van der Waals surface area contributed by atoms with Gasteiger partial charge >= 0.3 is 0 Å². The second-order valence-electron chi connectivity index (χ2n) is 22.4. The van der Waals surface area contributed by atoms with Crippen LogP contribution in [0.25, 0.3) is 0 Å². The Morgan fingerprint density at radius 1 is 0.491 bits per heavy atom. The maximum Gasteiger partial charge on any atom is 0.0578 e. The van der Waals surface area contributed by atoms with Crippen molar-refractivity contribution in [2.45, 2.75) is 238 Å². The summed E-state index contributed by atoms with van der Waals surface area (Å²) < 4.78 is 7.08. The number of fused-ring (bicyclic) bond motifs is 2. The Hall–Kier alpha value is -0.300. The minimum absolute atomic E-state index is 0.551. The minimum atomic E-state index is 0.551. The highest BCUT2D eigenvalue weighted by molar-refractivity contribution is 5.15. The predicted octanol–water partition coefficient (Wildman–Crippen LogP) is 16.3. The van der Waals surface area contributed by atoms with Gasteiger partial charge in [0.15, 0.2) is 0 Å². The molecule has 1 nitrogen and oxygen atoms in total. The third kappa shape index (κ3) is 10.2. The van der Waals surface area contributed by atoms with Crippen LogP contribution in [0.4, 0.5) is 0 Å². The van der Waals surface area contributed by atoms with Crippen LogP contribution in [0.5, 0.6) is 0 Å². The van der Waals surface area contributed by atoms with Crippen LogP contribution in [0, 0.1) is 82.9 Å². The summed E-state index contributed by atoms with van der Waals surface area (Å²) in [6, 6.07) is 0. The van der Waals surface area contributed by atoms with Crippen LogP contribution in [-0.2, 0) is 4.74 Å². The lowest BCUT2D eigenvalue weighted by molar-refractivity contribution is -0.140. The van der Waals surface area contributed by atoms with Crippen LogP contribution in [-0.4, -0.2) is 12.7 Å². The molecule has 0 spiro atoms. The molecule has 0 radical (unpaired) electrons. The van der Waals surface area contributed by atoms with Crippen LogP contribution in [0.15, 0.2) is 11.6 Å². The van der Waals surface area contributed by atoms with Crippen molar-refractivity contribution in [1.29, 1.82) is 0 Å². The quantitative estimate of drug-likeness (QED) is 0.170. The third-order valence-corrected chi connectivity index (χ3v) is 19.5. The lowest BCUT2D eigenvalue weighted by Crippen LogP contribution is -2.55. The summed E-state index contributed by atoms with van der Waals surface area (Å²) in [5, 5.41) is 0. The largest absolute Gasteiger partial charge is 0.378 e. The van der Waals surface area contributed by atoms with Crippen LogP contribution in [0.3, 0.4) is 0 Å². The molecule has 0 amide bonds. The van der Waals surface area contributed by atoms with Gasteiger partial charge in [-0.15, -0.1) is 0 Å². The molecule has 0 N–H and O–H groups in total. The van der Waals surface area contributed by atoms with Crippen molar-refractivity contribution in [1.82, 2.24) is 0 Å². The first-order valence-electron chi connectivity index (χ1n) is 26.5. The second kappa shape index (κ2) is 20.8. The van der Waals surface area contributed by atoms with Crippen LogP contribution in [0.2, 0.25) is 0 Å². The van der Waals surface area contributed by atoms with E-state index in [0.717, 1.165) is 89.5 Å². The monoisotopic (exact) mass is 757 g/mol. The Labute approximate surface area is 342 Å². The summed E-state index contributed by atoms with van der Waals surface area (Å²) in [6.45, 7) is 5.84. The van der Waals surface area contributed by atoms with Crippen LogP contribution >= 0.6 is 0 Å². The van der Waals surface area contributed by atoms with Gasteiger partial charge in [0.05, 0.1) is 6.10 Å². The van der Waals surface area contributed by atoms with Gasteiger partial charge in [-0.2, -0.15) is 0 Å². The molecule has 0 aromatic carbocycles. The Morgan fingerprint density at radius 3 is 1.56 bits per heavy atom. The van der Waals surface area contributed by atoms with Crippen molar-refractivity contribution in [2.75, 3.05) is 6.61 Å². The van der Waals surface area contributed by atoms with E-state index < -0.39 is 0 Å². The highest BCUT2D eigenvalue weighted by atomic mass is 16.5. The van der Waals surface area contributed by atoms with Crippen LogP contribution < -0.4 is 0 Å². The third-order valence-electron chi connectivity index (χ3n) is 19.5. The van der Waals surface area contributed by atoms with E-state index in [2.05, 4.69) is 19.9 Å². The molecule has 8 saturated carbocycles. The van der Waals surface area contributed by atoms with Gasteiger partial charge in [-0.25, -0.2) is 0 Å². The van der Waals surface area contributed by atoms with Gasteiger partial charge in [0, 0.05) is 6.61 Å². The van der Waals surface area contributed by atoms with Crippen molar-refractivity contribution in [3.63, 3.8) is 0 Å². The molecule has 55 heavy (non-hydrogen) atoms. The first kappa shape index (κ1) is 41.4. The fraction of sp³-hybridized carbons (Fsp3) is 0.963. The Bertz CT molecular complexity index is 1100. The number of allylic oxidation sites excluding steroid dienone is 2. The van der Waals surface area contributed by atoms with E-state index in [9.17, 15) is 0 Å². The first-order chi connectivity index (χ1) is 27.2. The van der Waals surface area contributed by atoms with Crippen molar-refractivity contribution in [3.8, 4) is 0 Å². The molecule has 314 valence electrons.